The summed E-state index contributed by atoms with van der Waals surface area (Å²) in [4.78, 5) is 5.14. The second-order valence-corrected chi connectivity index (χ2v) is 11.6. The maximum atomic E-state index is 8.82. The highest BCUT2D eigenvalue weighted by Gasteiger charge is 2.20. The monoisotopic (exact) mass is 603 g/mol. The largest absolute Gasteiger partial charge is 0.292 e. The molecule has 0 fully saturated rings. The molecule has 2 heteroatoms. The van der Waals surface area contributed by atoms with Crippen molar-refractivity contribution in [2.24, 2.45) is 0 Å². The molecule has 0 unspecified atom stereocenters. The van der Waals surface area contributed by atoms with E-state index in [2.05, 4.69) is 71.3 Å². The molecule has 2 nitrogen and oxygen atoms in total. The van der Waals surface area contributed by atoms with E-state index in [1.165, 1.54) is 0 Å². The van der Waals surface area contributed by atoms with Crippen molar-refractivity contribution >= 4 is 32.6 Å². The van der Waals surface area contributed by atoms with Crippen molar-refractivity contribution in [2.75, 3.05) is 0 Å². The van der Waals surface area contributed by atoms with Crippen LogP contribution in [0.4, 0.5) is 0 Å². The van der Waals surface area contributed by atoms with Crippen molar-refractivity contribution in [3.8, 4) is 50.5 Å². The summed E-state index contributed by atoms with van der Waals surface area (Å²) >= 11 is 0. The Morgan fingerprint density at radius 3 is 1.74 bits per heavy atom. The van der Waals surface area contributed by atoms with Gasteiger partial charge in [0.25, 0.3) is 0 Å². The summed E-state index contributed by atoms with van der Waals surface area (Å²) < 4.78 is 44.9. The summed E-state index contributed by atoms with van der Waals surface area (Å²) in [7, 11) is 0. The number of fused-ring (bicyclic) bond motifs is 3. The number of hydrogen-bond acceptors (Lipinski definition) is 1. The lowest BCUT2D eigenvalue weighted by atomic mass is 9.83. The molecule has 0 radical (unpaired) electrons. The second-order valence-electron chi connectivity index (χ2n) is 11.6. The fourth-order valence-corrected chi connectivity index (χ4v) is 6.91. The van der Waals surface area contributed by atoms with E-state index in [4.69, 9.17) is 11.8 Å². The average molecular weight is 604 g/mol. The Hall–Kier alpha value is -6.25. The summed E-state index contributed by atoms with van der Waals surface area (Å²) in [5.74, 6) is 0.854. The van der Waals surface area contributed by atoms with Crippen molar-refractivity contribution < 1.29 is 6.85 Å². The van der Waals surface area contributed by atoms with Crippen LogP contribution in [0.15, 0.2) is 182 Å². The van der Waals surface area contributed by atoms with Gasteiger partial charge in [0.05, 0.1) is 17.9 Å². The van der Waals surface area contributed by atoms with Crippen LogP contribution in [-0.2, 0) is 0 Å². The first-order valence-corrected chi connectivity index (χ1v) is 15.7. The Morgan fingerprint density at radius 2 is 1.02 bits per heavy atom. The van der Waals surface area contributed by atoms with E-state index < -0.39 is 6.04 Å². The first-order valence-electron chi connectivity index (χ1n) is 18.2. The van der Waals surface area contributed by atoms with Crippen molar-refractivity contribution in [3.05, 3.63) is 182 Å². The van der Waals surface area contributed by atoms with Crippen LogP contribution >= 0.6 is 0 Å². The zero-order valence-electron chi connectivity index (χ0n) is 30.3. The number of rotatable bonds is 5. The average Bonchev–Trinajstić information content (AvgIpc) is 3.59. The van der Waals surface area contributed by atoms with Gasteiger partial charge in [-0.25, -0.2) is 4.98 Å². The molecular weight excluding hydrogens is 569 g/mol. The summed E-state index contributed by atoms with van der Waals surface area (Å²) in [6, 6.07) is 49.8. The SMILES string of the molecule is [2H]c1c([2H])c([2H])c(-c2ccccc2-c2c3ccccc3c(-c3cccc(-c4nc5ccccc5n4-c4ccccc4)c3)c3ccccc23)c([2H])c1[2H]. The zero-order valence-corrected chi connectivity index (χ0v) is 25.3. The number of nitrogens with zero attached hydrogens (tertiary/aromatic N) is 2. The van der Waals surface area contributed by atoms with Gasteiger partial charge in [-0.05, 0) is 85.3 Å². The summed E-state index contributed by atoms with van der Waals surface area (Å²) in [5, 5.41) is 4.08. The lowest BCUT2D eigenvalue weighted by Crippen LogP contribution is -1.97. The first-order chi connectivity index (χ1) is 25.4. The molecule has 0 spiro atoms. The van der Waals surface area contributed by atoms with Gasteiger partial charge in [-0.3, -0.25) is 4.57 Å². The first kappa shape index (κ1) is 22.3. The minimum absolute atomic E-state index is 0.188. The highest BCUT2D eigenvalue weighted by atomic mass is 15.1. The number of para-hydroxylation sites is 3. The quantitative estimate of drug-likeness (QED) is 0.179. The van der Waals surface area contributed by atoms with Crippen molar-refractivity contribution in [3.63, 3.8) is 0 Å². The van der Waals surface area contributed by atoms with E-state index in [0.29, 0.717) is 5.56 Å². The van der Waals surface area contributed by atoms with Gasteiger partial charge in [0, 0.05) is 11.3 Å². The third-order valence-corrected chi connectivity index (χ3v) is 8.88. The normalized spacial score (nSPS) is 12.9. The highest BCUT2D eigenvalue weighted by molar-refractivity contribution is 6.22. The molecule has 0 aliphatic rings. The molecule has 0 saturated carbocycles. The van der Waals surface area contributed by atoms with Gasteiger partial charge in [-0.15, -0.1) is 0 Å². The zero-order chi connectivity index (χ0) is 35.5. The van der Waals surface area contributed by atoms with Crippen LogP contribution in [-0.4, -0.2) is 9.55 Å². The molecule has 220 valence electrons. The molecule has 1 aromatic heterocycles. The number of imidazole rings is 1. The van der Waals surface area contributed by atoms with Crippen molar-refractivity contribution in [2.45, 2.75) is 0 Å². The fraction of sp³-hybridized carbons (Fsp3) is 0. The lowest BCUT2D eigenvalue weighted by molar-refractivity contribution is 1.10. The predicted molar refractivity (Wildman–Crippen MR) is 198 cm³/mol. The number of hydrogen-bond donors (Lipinski definition) is 0. The standard InChI is InChI=1S/C45H30N2/c1-3-16-31(17-4-1)35-22-7-8-23-36(35)44-39-26-11-9-24-37(39)43(38-25-10-12-27-40(38)44)32-18-15-19-33(30-32)45-46-41-28-13-14-29-42(41)47(45)34-20-5-2-6-21-34/h1-30H/i1D,3D,4D,16D,17D. The molecule has 0 N–H and O–H groups in total. The van der Waals surface area contributed by atoms with E-state index in [9.17, 15) is 0 Å². The van der Waals surface area contributed by atoms with Crippen molar-refractivity contribution in [1.82, 2.24) is 9.55 Å². The fourth-order valence-electron chi connectivity index (χ4n) is 6.91. The minimum atomic E-state index is -0.405. The van der Waals surface area contributed by atoms with Gasteiger partial charge in [0.15, 0.2) is 0 Å². The van der Waals surface area contributed by atoms with Gasteiger partial charge < -0.3 is 0 Å². The maximum absolute atomic E-state index is 8.82. The van der Waals surface area contributed by atoms with Crippen LogP contribution in [0.25, 0.3) is 83.0 Å². The van der Waals surface area contributed by atoms with Gasteiger partial charge in [-0.2, -0.15) is 0 Å². The van der Waals surface area contributed by atoms with Crippen LogP contribution in [0.3, 0.4) is 0 Å². The van der Waals surface area contributed by atoms with Gasteiger partial charge >= 0.3 is 0 Å². The second kappa shape index (κ2) is 11.3. The van der Waals surface area contributed by atoms with Crippen LogP contribution < -0.4 is 0 Å². The van der Waals surface area contributed by atoms with E-state index in [1.807, 2.05) is 84.9 Å². The summed E-state index contributed by atoms with van der Waals surface area (Å²) in [6.07, 6.45) is 0. The van der Waals surface area contributed by atoms with E-state index in [1.54, 1.807) is 0 Å². The molecule has 0 aliphatic carbocycles. The Kier molecular flexibility index (Phi) is 5.35. The number of benzene rings is 8. The molecule has 1 heterocycles. The minimum Gasteiger partial charge on any atom is -0.292 e. The molecule has 8 aromatic carbocycles. The van der Waals surface area contributed by atoms with Crippen LogP contribution in [0.2, 0.25) is 0 Å². The van der Waals surface area contributed by atoms with Crippen LogP contribution in [0, 0.1) is 0 Å². The van der Waals surface area contributed by atoms with E-state index in [0.717, 1.165) is 71.9 Å². The molecule has 0 amide bonds. The maximum Gasteiger partial charge on any atom is 0.145 e. The molecule has 0 aliphatic heterocycles. The Morgan fingerprint density at radius 1 is 0.447 bits per heavy atom. The topological polar surface area (TPSA) is 17.8 Å². The Balaban J connectivity index is 1.32. The molecule has 47 heavy (non-hydrogen) atoms. The van der Waals surface area contributed by atoms with Gasteiger partial charge in [0.1, 0.15) is 5.82 Å². The molecule has 0 saturated heterocycles. The third-order valence-electron chi connectivity index (χ3n) is 8.88. The molecular formula is C45H30N2. The molecule has 9 rings (SSSR count). The van der Waals surface area contributed by atoms with Crippen LogP contribution in [0.1, 0.15) is 6.85 Å². The van der Waals surface area contributed by atoms with Crippen LogP contribution in [0.5, 0.6) is 0 Å². The molecule has 0 bridgehead atoms. The van der Waals surface area contributed by atoms with Gasteiger partial charge in [0.2, 0.25) is 0 Å². The summed E-state index contributed by atoms with van der Waals surface area (Å²) in [5.41, 5.74) is 8.62. The van der Waals surface area contributed by atoms with Gasteiger partial charge in [-0.1, -0.05) is 152 Å². The third kappa shape index (κ3) is 4.54. The van der Waals surface area contributed by atoms with E-state index in [-0.39, 0.29) is 29.7 Å². The van der Waals surface area contributed by atoms with Crippen molar-refractivity contribution in [1.29, 1.82) is 0 Å². The molecule has 9 aromatic rings. The lowest BCUT2D eigenvalue weighted by Gasteiger charge is -2.20. The Labute approximate surface area is 280 Å². The Bertz CT molecular complexity index is 2770. The smallest absolute Gasteiger partial charge is 0.145 e. The molecule has 0 atom stereocenters. The highest BCUT2D eigenvalue weighted by Crippen LogP contribution is 2.46. The summed E-state index contributed by atoms with van der Waals surface area (Å²) in [6.45, 7) is 0. The number of aromatic nitrogens is 2. The predicted octanol–water partition coefficient (Wildman–Crippen LogP) is 12.0. The van der Waals surface area contributed by atoms with E-state index >= 15 is 0 Å².